The summed E-state index contributed by atoms with van der Waals surface area (Å²) in [6, 6.07) is 27.7. The first-order valence-electron chi connectivity index (χ1n) is 10.5. The van der Waals surface area contributed by atoms with Crippen LogP contribution in [0.3, 0.4) is 0 Å². The highest BCUT2D eigenvalue weighted by Crippen LogP contribution is 2.32. The molecule has 5 aromatic rings. The number of nitrogens with zero attached hydrogens (tertiary/aromatic N) is 2. The summed E-state index contributed by atoms with van der Waals surface area (Å²) < 4.78 is 6.64. The number of esters is 1. The molecule has 33 heavy (non-hydrogen) atoms. The summed E-state index contributed by atoms with van der Waals surface area (Å²) in [4.78, 5) is 30.6. The van der Waals surface area contributed by atoms with E-state index in [4.69, 9.17) is 4.74 Å². The van der Waals surface area contributed by atoms with Gasteiger partial charge in [-0.1, -0.05) is 84.9 Å². The molecule has 162 valence electrons. The molecule has 0 aliphatic rings. The van der Waals surface area contributed by atoms with Gasteiger partial charge in [-0.25, -0.2) is 4.98 Å². The zero-order valence-electron chi connectivity index (χ0n) is 17.7. The fourth-order valence-electron chi connectivity index (χ4n) is 3.69. The van der Waals surface area contributed by atoms with Gasteiger partial charge in [0.1, 0.15) is 18.0 Å². The fourth-order valence-corrected chi connectivity index (χ4v) is 4.59. The maximum absolute atomic E-state index is 13.2. The van der Waals surface area contributed by atoms with E-state index >= 15 is 0 Å². The molecule has 0 aliphatic heterocycles. The number of rotatable bonds is 6. The summed E-state index contributed by atoms with van der Waals surface area (Å²) in [5.74, 6) is -0.480. The summed E-state index contributed by atoms with van der Waals surface area (Å²) in [6.07, 6.45) is 1.41. The number of carbonyl (C=O) groups is 1. The zero-order valence-corrected chi connectivity index (χ0v) is 18.5. The van der Waals surface area contributed by atoms with Crippen LogP contribution in [-0.2, 0) is 22.7 Å². The Morgan fingerprint density at radius 3 is 2.21 bits per heavy atom. The van der Waals surface area contributed by atoms with Crippen LogP contribution < -0.4 is 5.56 Å². The van der Waals surface area contributed by atoms with Gasteiger partial charge in [0.15, 0.2) is 0 Å². The number of benzene rings is 3. The second-order valence-corrected chi connectivity index (χ2v) is 8.45. The van der Waals surface area contributed by atoms with Gasteiger partial charge >= 0.3 is 5.97 Å². The Bertz CT molecular complexity index is 1460. The Balaban J connectivity index is 1.39. The van der Waals surface area contributed by atoms with Crippen molar-refractivity contribution in [1.29, 1.82) is 0 Å². The van der Waals surface area contributed by atoms with Crippen LogP contribution >= 0.6 is 11.3 Å². The Morgan fingerprint density at radius 1 is 0.848 bits per heavy atom. The Hall–Kier alpha value is -4.03. The first-order chi connectivity index (χ1) is 16.2. The SMILES string of the molecule is O=C(Cn1cnc2scc(-c3ccc(-c4ccccc4)cc3)c2c1=O)OCc1ccccc1. The number of hydrogen-bond donors (Lipinski definition) is 0. The number of fused-ring (bicyclic) bond motifs is 1. The lowest BCUT2D eigenvalue weighted by atomic mass is 10.0. The molecular weight excluding hydrogens is 432 g/mol. The van der Waals surface area contributed by atoms with E-state index in [0.29, 0.717) is 10.2 Å². The minimum atomic E-state index is -0.480. The Kier molecular flexibility index (Phi) is 5.83. The van der Waals surface area contributed by atoms with Crippen LogP contribution in [-0.4, -0.2) is 15.5 Å². The minimum Gasteiger partial charge on any atom is -0.459 e. The van der Waals surface area contributed by atoms with Crippen molar-refractivity contribution in [2.45, 2.75) is 13.2 Å². The molecule has 0 radical (unpaired) electrons. The topological polar surface area (TPSA) is 61.2 Å². The molecule has 0 amide bonds. The van der Waals surface area contributed by atoms with Crippen molar-refractivity contribution in [3.8, 4) is 22.3 Å². The van der Waals surface area contributed by atoms with Gasteiger partial charge in [0.2, 0.25) is 0 Å². The number of thiophene rings is 1. The molecule has 0 bridgehead atoms. The lowest BCUT2D eigenvalue weighted by molar-refractivity contribution is -0.145. The highest BCUT2D eigenvalue weighted by molar-refractivity contribution is 7.17. The van der Waals surface area contributed by atoms with E-state index < -0.39 is 5.97 Å². The van der Waals surface area contributed by atoms with Crippen molar-refractivity contribution in [2.75, 3.05) is 0 Å². The van der Waals surface area contributed by atoms with Crippen molar-refractivity contribution >= 4 is 27.5 Å². The quantitative estimate of drug-likeness (QED) is 0.318. The van der Waals surface area contributed by atoms with E-state index in [2.05, 4.69) is 17.1 Å². The van der Waals surface area contributed by atoms with Crippen LogP contribution in [0.2, 0.25) is 0 Å². The molecule has 0 saturated heterocycles. The number of ether oxygens (including phenoxy) is 1. The molecule has 3 aromatic carbocycles. The summed E-state index contributed by atoms with van der Waals surface area (Å²) >= 11 is 1.42. The van der Waals surface area contributed by atoms with Crippen LogP contribution in [0, 0.1) is 0 Å². The molecule has 0 atom stereocenters. The maximum atomic E-state index is 13.2. The van der Waals surface area contributed by atoms with Crippen LogP contribution in [0.15, 0.2) is 101 Å². The predicted molar refractivity (Wildman–Crippen MR) is 131 cm³/mol. The first-order valence-corrected chi connectivity index (χ1v) is 11.4. The van der Waals surface area contributed by atoms with E-state index in [1.165, 1.54) is 22.2 Å². The van der Waals surface area contributed by atoms with Crippen molar-refractivity contribution < 1.29 is 9.53 Å². The third-order valence-corrected chi connectivity index (χ3v) is 6.29. The number of carbonyl (C=O) groups excluding carboxylic acids is 1. The fraction of sp³-hybridized carbons (Fsp3) is 0.0741. The van der Waals surface area contributed by atoms with Crippen LogP contribution in [0.1, 0.15) is 5.56 Å². The van der Waals surface area contributed by atoms with E-state index in [-0.39, 0.29) is 18.7 Å². The van der Waals surface area contributed by atoms with E-state index in [0.717, 1.165) is 27.8 Å². The molecule has 0 N–H and O–H groups in total. The van der Waals surface area contributed by atoms with E-state index in [1.54, 1.807) is 0 Å². The normalized spacial score (nSPS) is 10.9. The second kappa shape index (κ2) is 9.22. The van der Waals surface area contributed by atoms with Crippen molar-refractivity contribution in [1.82, 2.24) is 9.55 Å². The third kappa shape index (κ3) is 4.47. The molecule has 2 heterocycles. The molecule has 5 nitrogen and oxygen atoms in total. The number of aromatic nitrogens is 2. The lowest BCUT2D eigenvalue weighted by Gasteiger charge is -2.08. The molecule has 6 heteroatoms. The average molecular weight is 453 g/mol. The molecule has 0 fully saturated rings. The van der Waals surface area contributed by atoms with E-state index in [9.17, 15) is 9.59 Å². The largest absolute Gasteiger partial charge is 0.459 e. The highest BCUT2D eigenvalue weighted by Gasteiger charge is 2.15. The van der Waals surface area contributed by atoms with Gasteiger partial charge < -0.3 is 4.74 Å². The van der Waals surface area contributed by atoms with Crippen molar-refractivity contribution in [2.24, 2.45) is 0 Å². The van der Waals surface area contributed by atoms with E-state index in [1.807, 2.05) is 78.2 Å². The summed E-state index contributed by atoms with van der Waals surface area (Å²) in [5, 5.41) is 2.46. The maximum Gasteiger partial charge on any atom is 0.326 e. The molecule has 5 rings (SSSR count). The highest BCUT2D eigenvalue weighted by atomic mass is 32.1. The van der Waals surface area contributed by atoms with Gasteiger partial charge in [-0.2, -0.15) is 0 Å². The van der Waals surface area contributed by atoms with Gasteiger partial charge in [0.25, 0.3) is 5.56 Å². The lowest BCUT2D eigenvalue weighted by Crippen LogP contribution is -2.25. The van der Waals surface area contributed by atoms with Gasteiger partial charge in [-0.05, 0) is 22.3 Å². The molecule has 2 aromatic heterocycles. The molecule has 0 spiro atoms. The van der Waals surface area contributed by atoms with Crippen LogP contribution in [0.5, 0.6) is 0 Å². The molecular formula is C27H20N2O3S. The van der Waals surface area contributed by atoms with Gasteiger partial charge in [-0.15, -0.1) is 11.3 Å². The van der Waals surface area contributed by atoms with Gasteiger partial charge in [-0.3, -0.25) is 14.2 Å². The zero-order chi connectivity index (χ0) is 22.6. The van der Waals surface area contributed by atoms with Gasteiger partial charge in [0, 0.05) is 10.9 Å². The summed E-state index contributed by atoms with van der Waals surface area (Å²) in [6.45, 7) is -0.0155. The molecule has 0 saturated carbocycles. The average Bonchev–Trinajstić information content (AvgIpc) is 3.31. The smallest absolute Gasteiger partial charge is 0.326 e. The number of hydrogen-bond acceptors (Lipinski definition) is 5. The minimum absolute atomic E-state index is 0.168. The summed E-state index contributed by atoms with van der Waals surface area (Å²) in [7, 11) is 0. The predicted octanol–water partition coefficient (Wildman–Crippen LogP) is 5.54. The Morgan fingerprint density at radius 2 is 1.48 bits per heavy atom. The van der Waals surface area contributed by atoms with Crippen molar-refractivity contribution in [3.63, 3.8) is 0 Å². The summed E-state index contributed by atoms with van der Waals surface area (Å²) in [5.41, 5.74) is 4.64. The van der Waals surface area contributed by atoms with Gasteiger partial charge in [0.05, 0.1) is 11.7 Å². The second-order valence-electron chi connectivity index (χ2n) is 7.60. The monoisotopic (exact) mass is 452 g/mol. The first kappa shape index (κ1) is 20.8. The molecule has 0 unspecified atom stereocenters. The van der Waals surface area contributed by atoms with Crippen molar-refractivity contribution in [3.05, 3.63) is 113 Å². The standard InChI is InChI=1S/C27H20N2O3S/c30-24(32-16-19-7-3-1-4-8-19)15-29-18-28-26-25(27(29)31)23(17-33-26)22-13-11-21(12-14-22)20-9-5-2-6-10-20/h1-14,17-18H,15-16H2. The van der Waals surface area contributed by atoms with Crippen LogP contribution in [0.4, 0.5) is 0 Å². The third-order valence-electron chi connectivity index (χ3n) is 5.41. The molecule has 0 aliphatic carbocycles. The Labute approximate surface area is 194 Å². The van der Waals surface area contributed by atoms with Crippen LogP contribution in [0.25, 0.3) is 32.5 Å².